The Morgan fingerprint density at radius 2 is 2.17 bits per heavy atom. The molecule has 0 unspecified atom stereocenters. The molecule has 0 N–H and O–H groups in total. The van der Waals surface area contributed by atoms with E-state index in [1.165, 1.54) is 6.07 Å². The van der Waals surface area contributed by atoms with E-state index in [2.05, 4.69) is 20.9 Å². The minimum Gasteiger partial charge on any atom is -0.294 e. The number of hydrogen-bond donors (Lipinski definition) is 0. The molecule has 18 heavy (non-hydrogen) atoms. The fraction of sp³-hybridized carbons (Fsp3) is 0.143. The highest BCUT2D eigenvalue weighted by Gasteiger charge is 2.13. The number of rotatable bonds is 3. The van der Waals surface area contributed by atoms with E-state index in [-0.39, 0.29) is 18.0 Å². The molecular weight excluding hydrogens is 297 g/mol. The van der Waals surface area contributed by atoms with E-state index in [0.29, 0.717) is 15.6 Å². The van der Waals surface area contributed by atoms with E-state index in [1.54, 1.807) is 30.6 Å². The van der Waals surface area contributed by atoms with Crippen molar-refractivity contribution in [2.24, 2.45) is 0 Å². The van der Waals surface area contributed by atoms with Crippen LogP contribution in [0.4, 0.5) is 4.39 Å². The van der Waals surface area contributed by atoms with Crippen molar-refractivity contribution < 1.29 is 9.18 Å². The number of benzene rings is 1. The molecule has 1 aromatic carbocycles. The van der Waals surface area contributed by atoms with Crippen molar-refractivity contribution in [2.75, 3.05) is 0 Å². The zero-order chi connectivity index (χ0) is 13.1. The van der Waals surface area contributed by atoms with E-state index in [4.69, 9.17) is 0 Å². The molecule has 2 aromatic rings. The van der Waals surface area contributed by atoms with Gasteiger partial charge in [-0.3, -0.25) is 9.78 Å². The van der Waals surface area contributed by atoms with Crippen molar-refractivity contribution in [3.8, 4) is 0 Å². The van der Waals surface area contributed by atoms with Gasteiger partial charge in [0, 0.05) is 24.4 Å². The number of carbonyl (C=O) groups is 1. The van der Waals surface area contributed by atoms with Crippen LogP contribution in [0.1, 0.15) is 21.5 Å². The average Bonchev–Trinajstić information content (AvgIpc) is 2.35. The Kier molecular flexibility index (Phi) is 3.87. The lowest BCUT2D eigenvalue weighted by molar-refractivity contribution is 0.0992. The summed E-state index contributed by atoms with van der Waals surface area (Å²) in [6, 6.07) is 6.47. The average molecular weight is 308 g/mol. The molecule has 0 aliphatic heterocycles. The van der Waals surface area contributed by atoms with E-state index in [9.17, 15) is 9.18 Å². The fourth-order valence-corrected chi connectivity index (χ4v) is 2.11. The normalized spacial score (nSPS) is 10.4. The first-order chi connectivity index (χ1) is 8.59. The zero-order valence-electron chi connectivity index (χ0n) is 9.78. The van der Waals surface area contributed by atoms with Crippen LogP contribution < -0.4 is 0 Å². The summed E-state index contributed by atoms with van der Waals surface area (Å²) in [4.78, 5) is 16.1. The molecule has 92 valence electrons. The summed E-state index contributed by atoms with van der Waals surface area (Å²) >= 11 is 3.16. The second kappa shape index (κ2) is 5.40. The Morgan fingerprint density at radius 3 is 2.89 bits per heavy atom. The molecule has 0 saturated carbocycles. The lowest BCUT2D eigenvalue weighted by Gasteiger charge is -2.06. The van der Waals surface area contributed by atoms with Gasteiger partial charge >= 0.3 is 0 Å². The molecule has 4 heteroatoms. The minimum atomic E-state index is -0.358. The van der Waals surface area contributed by atoms with Gasteiger partial charge in [0.25, 0.3) is 0 Å². The smallest absolute Gasteiger partial charge is 0.169 e. The molecule has 0 bridgehead atoms. The van der Waals surface area contributed by atoms with Crippen LogP contribution in [-0.2, 0) is 6.42 Å². The maximum atomic E-state index is 13.3. The molecule has 0 fully saturated rings. The number of halogens is 2. The van der Waals surface area contributed by atoms with Crippen LogP contribution in [0.2, 0.25) is 0 Å². The van der Waals surface area contributed by atoms with Gasteiger partial charge < -0.3 is 0 Å². The van der Waals surface area contributed by atoms with E-state index in [1.807, 2.05) is 6.92 Å². The highest BCUT2D eigenvalue weighted by Crippen LogP contribution is 2.22. The third-order valence-corrected chi connectivity index (χ3v) is 3.61. The second-order valence-electron chi connectivity index (χ2n) is 4.00. The minimum absolute atomic E-state index is 0.0631. The summed E-state index contributed by atoms with van der Waals surface area (Å²) in [6.07, 6.45) is 3.35. The summed E-state index contributed by atoms with van der Waals surface area (Å²) in [5, 5.41) is 0. The Labute approximate surface area is 113 Å². The SMILES string of the molecule is Cc1ccncc1C(=O)Cc1cccc(F)c1Br. The molecule has 0 aliphatic carbocycles. The highest BCUT2D eigenvalue weighted by molar-refractivity contribution is 9.10. The third-order valence-electron chi connectivity index (χ3n) is 2.72. The molecule has 0 saturated heterocycles. The van der Waals surface area contributed by atoms with Gasteiger partial charge in [-0.05, 0) is 46.1 Å². The monoisotopic (exact) mass is 307 g/mol. The van der Waals surface area contributed by atoms with Gasteiger partial charge in [0.15, 0.2) is 5.78 Å². The van der Waals surface area contributed by atoms with E-state index in [0.717, 1.165) is 5.56 Å². The first-order valence-electron chi connectivity index (χ1n) is 5.46. The number of aryl methyl sites for hydroxylation is 1. The molecule has 2 rings (SSSR count). The van der Waals surface area contributed by atoms with Crippen LogP contribution in [0.3, 0.4) is 0 Å². The molecule has 0 spiro atoms. The summed E-state index contributed by atoms with van der Waals surface area (Å²) < 4.78 is 13.7. The van der Waals surface area contributed by atoms with Gasteiger partial charge in [0.1, 0.15) is 5.82 Å². The van der Waals surface area contributed by atoms with E-state index >= 15 is 0 Å². The Bertz CT molecular complexity index is 598. The predicted molar refractivity (Wildman–Crippen MR) is 71.1 cm³/mol. The van der Waals surface area contributed by atoms with Crippen LogP contribution in [-0.4, -0.2) is 10.8 Å². The summed E-state index contributed by atoms with van der Waals surface area (Å²) in [7, 11) is 0. The van der Waals surface area contributed by atoms with E-state index < -0.39 is 0 Å². The lowest BCUT2D eigenvalue weighted by atomic mass is 10.0. The number of Topliss-reactive ketones (excluding diaryl/α,β-unsaturated/α-hetero) is 1. The first-order valence-corrected chi connectivity index (χ1v) is 6.25. The molecule has 1 aromatic heterocycles. The molecule has 1 heterocycles. The van der Waals surface area contributed by atoms with Gasteiger partial charge in [-0.1, -0.05) is 12.1 Å². The van der Waals surface area contributed by atoms with Crippen molar-refractivity contribution in [3.05, 3.63) is 63.6 Å². The second-order valence-corrected chi connectivity index (χ2v) is 4.80. The Hall–Kier alpha value is -1.55. The van der Waals surface area contributed by atoms with Gasteiger partial charge in [0.05, 0.1) is 4.47 Å². The van der Waals surface area contributed by atoms with Crippen molar-refractivity contribution >= 4 is 21.7 Å². The molecule has 2 nitrogen and oxygen atoms in total. The molecule has 0 radical (unpaired) electrons. The van der Waals surface area contributed by atoms with Gasteiger partial charge in [-0.15, -0.1) is 0 Å². The molecule has 0 aliphatic rings. The quantitative estimate of drug-likeness (QED) is 0.809. The number of hydrogen-bond acceptors (Lipinski definition) is 2. The third kappa shape index (κ3) is 2.64. The Balaban J connectivity index is 2.27. The van der Waals surface area contributed by atoms with Crippen molar-refractivity contribution in [1.82, 2.24) is 4.98 Å². The highest BCUT2D eigenvalue weighted by atomic mass is 79.9. The Morgan fingerprint density at radius 1 is 1.39 bits per heavy atom. The lowest BCUT2D eigenvalue weighted by Crippen LogP contribution is -2.07. The molecule has 0 amide bonds. The molecular formula is C14H11BrFNO. The van der Waals surface area contributed by atoms with Crippen LogP contribution >= 0.6 is 15.9 Å². The maximum Gasteiger partial charge on any atom is 0.169 e. The number of nitrogens with zero attached hydrogens (tertiary/aromatic N) is 1. The standard InChI is InChI=1S/C14H11BrFNO/c1-9-5-6-17-8-11(9)13(18)7-10-3-2-4-12(16)14(10)15/h2-6,8H,7H2,1H3. The summed E-state index contributed by atoms with van der Waals surface area (Å²) in [5.41, 5.74) is 2.10. The van der Waals surface area contributed by atoms with Gasteiger partial charge in [-0.2, -0.15) is 0 Å². The van der Waals surface area contributed by atoms with Crippen molar-refractivity contribution in [2.45, 2.75) is 13.3 Å². The largest absolute Gasteiger partial charge is 0.294 e. The number of aromatic nitrogens is 1. The summed E-state index contributed by atoms with van der Waals surface area (Å²) in [5.74, 6) is -0.421. The molecule has 0 atom stereocenters. The van der Waals surface area contributed by atoms with Crippen LogP contribution in [0.25, 0.3) is 0 Å². The van der Waals surface area contributed by atoms with Crippen molar-refractivity contribution in [1.29, 1.82) is 0 Å². The van der Waals surface area contributed by atoms with Crippen molar-refractivity contribution in [3.63, 3.8) is 0 Å². The summed E-state index contributed by atoms with van der Waals surface area (Å²) in [6.45, 7) is 1.86. The fourth-order valence-electron chi connectivity index (χ4n) is 1.71. The first kappa shape index (κ1) is 12.9. The van der Waals surface area contributed by atoms with Gasteiger partial charge in [0.2, 0.25) is 0 Å². The van der Waals surface area contributed by atoms with Crippen LogP contribution in [0.15, 0.2) is 41.1 Å². The van der Waals surface area contributed by atoms with Gasteiger partial charge in [-0.25, -0.2) is 4.39 Å². The van der Waals surface area contributed by atoms with Crippen LogP contribution in [0, 0.1) is 12.7 Å². The predicted octanol–water partition coefficient (Wildman–Crippen LogP) is 3.72. The number of ketones is 1. The number of pyridine rings is 1. The maximum absolute atomic E-state index is 13.3. The topological polar surface area (TPSA) is 30.0 Å². The van der Waals surface area contributed by atoms with Crippen LogP contribution in [0.5, 0.6) is 0 Å². The zero-order valence-corrected chi connectivity index (χ0v) is 11.4. The number of carbonyl (C=O) groups excluding carboxylic acids is 1.